The van der Waals surface area contributed by atoms with Crippen molar-refractivity contribution in [2.24, 2.45) is 0 Å². The Labute approximate surface area is 313 Å². The Balaban J connectivity index is 0.00000406. The molecule has 5 aromatic carbocycles. The summed E-state index contributed by atoms with van der Waals surface area (Å²) >= 11 is 0. The van der Waals surface area contributed by atoms with Crippen molar-refractivity contribution in [3.8, 4) is 45.3 Å². The Morgan fingerprint density at radius 1 is 0.686 bits per heavy atom. The average molecular weight is 846 g/mol. The van der Waals surface area contributed by atoms with Gasteiger partial charge in [0.1, 0.15) is 5.82 Å². The van der Waals surface area contributed by atoms with Gasteiger partial charge in [0.25, 0.3) is 0 Å². The summed E-state index contributed by atoms with van der Waals surface area (Å²) in [6.45, 7) is 6.39. The Morgan fingerprint density at radius 3 is 2.24 bits per heavy atom. The minimum atomic E-state index is 0. The van der Waals surface area contributed by atoms with Crippen LogP contribution >= 0.6 is 0 Å². The van der Waals surface area contributed by atoms with Crippen LogP contribution in [0, 0.1) is 26.0 Å². The summed E-state index contributed by atoms with van der Waals surface area (Å²) in [5.41, 5.74) is 10.8. The van der Waals surface area contributed by atoms with Gasteiger partial charge in [-0.1, -0.05) is 98.1 Å². The van der Waals surface area contributed by atoms with Gasteiger partial charge in [0.15, 0.2) is 0 Å². The first-order valence-electron chi connectivity index (χ1n) is 17.4. The summed E-state index contributed by atoms with van der Waals surface area (Å²) < 4.78 is 10.7. The fourth-order valence-electron chi connectivity index (χ4n) is 6.99. The van der Waals surface area contributed by atoms with Gasteiger partial charge in [-0.15, -0.1) is 35.7 Å². The standard InChI is InChI=1S/C45H38N4O.Pt/c1-4-5-8-14-33-25-26-46-44(27-33)48-42-24-21-36(34-15-9-6-10-16-34)28-41(42)40-23-22-39(30-43(40)48)50-38-20-13-19-37(29-38)49-32(3)45(31(2)47-49)35-17-11-7-12-18-35;/h6-7,9-13,15-28H,4-5,8,14H2,1-3H3;/q-2;+2. The molecule has 51 heavy (non-hydrogen) atoms. The number of ether oxygens (including phenoxy) is 1. The molecule has 6 heteroatoms. The van der Waals surface area contributed by atoms with E-state index < -0.39 is 0 Å². The number of fused-ring (bicyclic) bond motifs is 3. The van der Waals surface area contributed by atoms with Gasteiger partial charge in [-0.3, -0.25) is 4.68 Å². The number of nitrogens with zero attached hydrogens (tertiary/aromatic N) is 4. The van der Waals surface area contributed by atoms with Crippen LogP contribution in [0.2, 0.25) is 0 Å². The molecular formula is C45H38N4OPt. The van der Waals surface area contributed by atoms with Crippen molar-refractivity contribution in [2.45, 2.75) is 46.5 Å². The van der Waals surface area contributed by atoms with Crippen molar-refractivity contribution < 1.29 is 25.8 Å². The van der Waals surface area contributed by atoms with Crippen LogP contribution in [-0.4, -0.2) is 19.3 Å². The van der Waals surface area contributed by atoms with Gasteiger partial charge in [-0.05, 0) is 78.2 Å². The quantitative estimate of drug-likeness (QED) is 0.102. The summed E-state index contributed by atoms with van der Waals surface area (Å²) in [4.78, 5) is 4.88. The second kappa shape index (κ2) is 14.9. The zero-order valence-corrected chi connectivity index (χ0v) is 31.2. The SMILES string of the molecule is CCCCCc1ccnc(-n2c3[c-]c(Oc4[c-]c(-n5nc(C)c(-c6ccccc6)c5C)ccc4)ccc3c3cc(-c4ccccc4)ccc32)c1.[Pt+2]. The van der Waals surface area contributed by atoms with E-state index in [2.05, 4.69) is 122 Å². The van der Waals surface area contributed by atoms with Crippen molar-refractivity contribution >= 4 is 21.8 Å². The molecule has 0 aliphatic rings. The third kappa shape index (κ3) is 6.79. The molecule has 3 heterocycles. The van der Waals surface area contributed by atoms with E-state index in [1.54, 1.807) is 0 Å². The largest absolute Gasteiger partial charge is 2.00 e. The second-order valence-electron chi connectivity index (χ2n) is 12.8. The van der Waals surface area contributed by atoms with Gasteiger partial charge in [0, 0.05) is 34.5 Å². The molecule has 0 bridgehead atoms. The van der Waals surface area contributed by atoms with Crippen molar-refractivity contribution in [1.29, 1.82) is 0 Å². The molecule has 0 atom stereocenters. The number of pyridine rings is 1. The molecule has 0 saturated carbocycles. The number of hydrogen-bond donors (Lipinski definition) is 0. The first-order valence-corrected chi connectivity index (χ1v) is 17.4. The number of unbranched alkanes of at least 4 members (excludes halogenated alkanes) is 2. The fourth-order valence-corrected chi connectivity index (χ4v) is 6.99. The molecule has 0 N–H and O–H groups in total. The maximum atomic E-state index is 6.49. The van der Waals surface area contributed by atoms with Crippen molar-refractivity contribution in [1.82, 2.24) is 19.3 Å². The third-order valence-corrected chi connectivity index (χ3v) is 9.42. The van der Waals surface area contributed by atoms with Crippen LogP contribution in [0.3, 0.4) is 0 Å². The van der Waals surface area contributed by atoms with Crippen molar-refractivity contribution in [2.75, 3.05) is 0 Å². The van der Waals surface area contributed by atoms with Gasteiger partial charge in [0.05, 0.1) is 5.69 Å². The summed E-state index contributed by atoms with van der Waals surface area (Å²) in [7, 11) is 0. The predicted molar refractivity (Wildman–Crippen MR) is 203 cm³/mol. The zero-order valence-electron chi connectivity index (χ0n) is 29.0. The normalized spacial score (nSPS) is 11.2. The van der Waals surface area contributed by atoms with Crippen LogP contribution in [0.15, 0.2) is 128 Å². The summed E-state index contributed by atoms with van der Waals surface area (Å²) in [5, 5.41) is 7.13. The fraction of sp³-hybridized carbons (Fsp3) is 0.156. The van der Waals surface area contributed by atoms with Crippen LogP contribution < -0.4 is 4.74 Å². The first kappa shape index (κ1) is 34.2. The smallest absolute Gasteiger partial charge is 0.509 e. The van der Waals surface area contributed by atoms with E-state index in [1.807, 2.05) is 48.1 Å². The molecule has 5 nitrogen and oxygen atoms in total. The Kier molecular flexibility index (Phi) is 10.0. The summed E-state index contributed by atoms with van der Waals surface area (Å²) in [5.74, 6) is 2.08. The molecule has 3 aromatic heterocycles. The van der Waals surface area contributed by atoms with E-state index in [0.717, 1.165) is 62.2 Å². The van der Waals surface area contributed by atoms with Gasteiger partial charge >= 0.3 is 21.1 Å². The Morgan fingerprint density at radius 2 is 1.45 bits per heavy atom. The zero-order chi connectivity index (χ0) is 34.0. The molecule has 8 aromatic rings. The molecule has 0 saturated heterocycles. The van der Waals surface area contributed by atoms with Crippen LogP contribution in [0.4, 0.5) is 0 Å². The molecule has 0 aliphatic carbocycles. The molecule has 0 unspecified atom stereocenters. The third-order valence-electron chi connectivity index (χ3n) is 9.42. The van der Waals surface area contributed by atoms with Crippen LogP contribution in [-0.2, 0) is 27.5 Å². The average Bonchev–Trinajstić information content (AvgIpc) is 3.64. The second-order valence-corrected chi connectivity index (χ2v) is 12.8. The van der Waals surface area contributed by atoms with E-state index in [0.29, 0.717) is 11.5 Å². The predicted octanol–water partition coefficient (Wildman–Crippen LogP) is 11.4. The number of rotatable bonds is 10. The van der Waals surface area contributed by atoms with E-state index in [4.69, 9.17) is 14.8 Å². The van der Waals surface area contributed by atoms with Crippen LogP contribution in [0.25, 0.3) is 55.6 Å². The van der Waals surface area contributed by atoms with Crippen molar-refractivity contribution in [3.05, 3.63) is 157 Å². The van der Waals surface area contributed by atoms with Crippen molar-refractivity contribution in [3.63, 3.8) is 0 Å². The van der Waals surface area contributed by atoms with Crippen LogP contribution in [0.5, 0.6) is 11.5 Å². The Bertz CT molecular complexity index is 2450. The summed E-state index contributed by atoms with van der Waals surface area (Å²) in [6, 6.07) is 49.1. The molecular weight excluding hydrogens is 808 g/mol. The summed E-state index contributed by atoms with van der Waals surface area (Å²) in [6.07, 6.45) is 6.54. The minimum Gasteiger partial charge on any atom is -0.509 e. The van der Waals surface area contributed by atoms with Crippen LogP contribution in [0.1, 0.15) is 43.1 Å². The van der Waals surface area contributed by atoms with E-state index in [-0.39, 0.29) is 21.1 Å². The Hall–Kier alpha value is -5.25. The van der Waals surface area contributed by atoms with E-state index in [1.165, 1.54) is 36.0 Å². The minimum absolute atomic E-state index is 0. The monoisotopic (exact) mass is 845 g/mol. The molecule has 0 radical (unpaired) electrons. The molecule has 254 valence electrons. The van der Waals surface area contributed by atoms with Gasteiger partial charge in [-0.2, -0.15) is 17.2 Å². The molecule has 0 spiro atoms. The van der Waals surface area contributed by atoms with Gasteiger partial charge < -0.3 is 9.30 Å². The number of benzene rings is 5. The maximum absolute atomic E-state index is 6.49. The maximum Gasteiger partial charge on any atom is 2.00 e. The molecule has 0 aliphatic heterocycles. The topological polar surface area (TPSA) is 44.9 Å². The van der Waals surface area contributed by atoms with E-state index in [9.17, 15) is 0 Å². The molecule has 8 rings (SSSR count). The number of aryl methyl sites for hydroxylation is 2. The van der Waals surface area contributed by atoms with Gasteiger partial charge in [-0.25, -0.2) is 4.98 Å². The van der Waals surface area contributed by atoms with E-state index >= 15 is 0 Å². The molecule has 0 fully saturated rings. The first-order chi connectivity index (χ1) is 24.6. The molecule has 0 amide bonds. The number of aromatic nitrogens is 4. The number of hydrogen-bond acceptors (Lipinski definition) is 3. The van der Waals surface area contributed by atoms with Gasteiger partial charge in [0.2, 0.25) is 0 Å².